The molecule has 2 N–H and O–H groups in total. The van der Waals surface area contributed by atoms with Gasteiger partial charge >= 0.3 is 0 Å². The third kappa shape index (κ3) is 3.91. The molecule has 1 fully saturated rings. The van der Waals surface area contributed by atoms with E-state index in [1.165, 1.54) is 12.8 Å². The fourth-order valence-corrected chi connectivity index (χ4v) is 3.50. The number of amides is 1. The number of carbonyl (C=O) groups excluding carboxylic acids is 1. The van der Waals surface area contributed by atoms with Gasteiger partial charge in [-0.25, -0.2) is 0 Å². The van der Waals surface area contributed by atoms with E-state index in [4.69, 9.17) is 11.6 Å². The quantitative estimate of drug-likeness (QED) is 0.873. The van der Waals surface area contributed by atoms with Crippen LogP contribution in [0.1, 0.15) is 50.4 Å². The van der Waals surface area contributed by atoms with Crippen LogP contribution in [0.5, 0.6) is 0 Å². The van der Waals surface area contributed by atoms with Crippen LogP contribution in [-0.4, -0.2) is 19.0 Å². The second-order valence-electron chi connectivity index (χ2n) is 6.91. The van der Waals surface area contributed by atoms with Crippen LogP contribution in [-0.2, 0) is 0 Å². The van der Waals surface area contributed by atoms with Crippen LogP contribution in [0.15, 0.2) is 18.2 Å². The van der Waals surface area contributed by atoms with Crippen LogP contribution >= 0.6 is 11.6 Å². The predicted molar refractivity (Wildman–Crippen MR) is 89.0 cm³/mol. The summed E-state index contributed by atoms with van der Waals surface area (Å²) in [5, 5.41) is 6.68. The van der Waals surface area contributed by atoms with E-state index in [0.29, 0.717) is 28.0 Å². The van der Waals surface area contributed by atoms with Crippen molar-refractivity contribution in [3.63, 3.8) is 0 Å². The van der Waals surface area contributed by atoms with Crippen molar-refractivity contribution in [3.05, 3.63) is 28.8 Å². The van der Waals surface area contributed by atoms with E-state index in [9.17, 15) is 4.79 Å². The standard InChI is InChI=1S/C17H25ClN2O/c1-11-10-17(2,3)8-7-15(11)20-12-5-6-14(18)13(9-12)16(21)19-4/h5-6,9,11,15,20H,7-8,10H2,1-4H3,(H,19,21). The third-order valence-electron chi connectivity index (χ3n) is 4.48. The fraction of sp³-hybridized carbons (Fsp3) is 0.588. The zero-order chi connectivity index (χ0) is 15.6. The van der Waals surface area contributed by atoms with Gasteiger partial charge in [-0.3, -0.25) is 4.79 Å². The van der Waals surface area contributed by atoms with E-state index in [1.54, 1.807) is 13.1 Å². The first-order valence-corrected chi connectivity index (χ1v) is 7.98. The smallest absolute Gasteiger partial charge is 0.252 e. The number of carbonyl (C=O) groups is 1. The molecule has 1 aromatic carbocycles. The maximum absolute atomic E-state index is 11.8. The lowest BCUT2D eigenvalue weighted by atomic mass is 9.70. The van der Waals surface area contributed by atoms with Crippen molar-refractivity contribution in [2.75, 3.05) is 12.4 Å². The molecule has 0 bridgehead atoms. The van der Waals surface area contributed by atoms with Gasteiger partial charge in [-0.15, -0.1) is 0 Å². The second-order valence-corrected chi connectivity index (χ2v) is 7.32. The Bertz CT molecular complexity index is 528. The molecule has 0 heterocycles. The molecule has 116 valence electrons. The Labute approximate surface area is 132 Å². The van der Waals surface area contributed by atoms with E-state index in [-0.39, 0.29) is 5.91 Å². The Kier molecular flexibility index (Phi) is 4.82. The SMILES string of the molecule is CNC(=O)c1cc(NC2CCC(C)(C)CC2C)ccc1Cl. The zero-order valence-corrected chi connectivity index (χ0v) is 14.1. The number of rotatable bonds is 3. The van der Waals surface area contributed by atoms with Gasteiger partial charge in [0.05, 0.1) is 10.6 Å². The Morgan fingerprint density at radius 1 is 1.38 bits per heavy atom. The highest BCUT2D eigenvalue weighted by atomic mass is 35.5. The number of hydrogen-bond donors (Lipinski definition) is 2. The van der Waals surface area contributed by atoms with Crippen molar-refractivity contribution in [2.24, 2.45) is 11.3 Å². The summed E-state index contributed by atoms with van der Waals surface area (Å²) in [5.41, 5.74) is 1.92. The summed E-state index contributed by atoms with van der Waals surface area (Å²) >= 11 is 6.09. The highest BCUT2D eigenvalue weighted by molar-refractivity contribution is 6.34. The highest BCUT2D eigenvalue weighted by Crippen LogP contribution is 2.39. The summed E-state index contributed by atoms with van der Waals surface area (Å²) in [6.45, 7) is 6.98. The van der Waals surface area contributed by atoms with Gasteiger partial charge in [-0.2, -0.15) is 0 Å². The summed E-state index contributed by atoms with van der Waals surface area (Å²) in [6.07, 6.45) is 3.61. The van der Waals surface area contributed by atoms with E-state index in [2.05, 4.69) is 31.4 Å². The molecule has 1 aliphatic rings. The van der Waals surface area contributed by atoms with Gasteiger partial charge in [0.25, 0.3) is 5.91 Å². The minimum atomic E-state index is -0.151. The monoisotopic (exact) mass is 308 g/mol. The maximum atomic E-state index is 11.8. The molecule has 4 heteroatoms. The molecule has 2 atom stereocenters. The molecule has 0 saturated heterocycles. The Morgan fingerprint density at radius 2 is 2.10 bits per heavy atom. The zero-order valence-electron chi connectivity index (χ0n) is 13.3. The molecule has 1 amide bonds. The van der Waals surface area contributed by atoms with E-state index in [1.807, 2.05) is 12.1 Å². The van der Waals surface area contributed by atoms with E-state index >= 15 is 0 Å². The first kappa shape index (κ1) is 16.2. The summed E-state index contributed by atoms with van der Waals surface area (Å²) < 4.78 is 0. The van der Waals surface area contributed by atoms with Crippen LogP contribution in [0.4, 0.5) is 5.69 Å². The van der Waals surface area contributed by atoms with Crippen molar-refractivity contribution >= 4 is 23.2 Å². The molecule has 2 unspecified atom stereocenters. The molecule has 0 spiro atoms. The Morgan fingerprint density at radius 3 is 2.71 bits per heavy atom. The molecule has 1 aromatic rings. The van der Waals surface area contributed by atoms with Gasteiger partial charge in [-0.05, 0) is 48.8 Å². The van der Waals surface area contributed by atoms with Crippen molar-refractivity contribution in [1.82, 2.24) is 5.32 Å². The van der Waals surface area contributed by atoms with Crippen LogP contribution in [0.2, 0.25) is 5.02 Å². The number of anilines is 1. The number of halogens is 1. The van der Waals surface area contributed by atoms with E-state index in [0.717, 1.165) is 12.1 Å². The van der Waals surface area contributed by atoms with E-state index < -0.39 is 0 Å². The van der Waals surface area contributed by atoms with Crippen molar-refractivity contribution in [3.8, 4) is 0 Å². The average molecular weight is 309 g/mol. The molecule has 0 radical (unpaired) electrons. The molecule has 2 rings (SSSR count). The minimum Gasteiger partial charge on any atom is -0.382 e. The molecule has 1 saturated carbocycles. The minimum absolute atomic E-state index is 0.151. The highest BCUT2D eigenvalue weighted by Gasteiger charge is 2.32. The first-order valence-electron chi connectivity index (χ1n) is 7.60. The lowest BCUT2D eigenvalue weighted by molar-refractivity contribution is 0.0963. The molecule has 0 aliphatic heterocycles. The summed E-state index contributed by atoms with van der Waals surface area (Å²) in [6, 6.07) is 6.03. The molecule has 0 aromatic heterocycles. The lowest BCUT2D eigenvalue weighted by Crippen LogP contribution is -2.36. The van der Waals surface area contributed by atoms with Crippen LogP contribution < -0.4 is 10.6 Å². The predicted octanol–water partition coefficient (Wildman–Crippen LogP) is 4.33. The fourth-order valence-electron chi connectivity index (χ4n) is 3.30. The summed E-state index contributed by atoms with van der Waals surface area (Å²) in [5.74, 6) is 0.467. The lowest BCUT2D eigenvalue weighted by Gasteiger charge is -2.40. The molecular weight excluding hydrogens is 284 g/mol. The molecule has 1 aliphatic carbocycles. The molecular formula is C17H25ClN2O. The van der Waals surface area contributed by atoms with Crippen LogP contribution in [0.25, 0.3) is 0 Å². The second kappa shape index (κ2) is 6.27. The first-order chi connectivity index (χ1) is 9.82. The van der Waals surface area contributed by atoms with Gasteiger partial charge in [0.15, 0.2) is 0 Å². The van der Waals surface area contributed by atoms with Gasteiger partial charge in [-0.1, -0.05) is 32.4 Å². The van der Waals surface area contributed by atoms with Gasteiger partial charge in [0.2, 0.25) is 0 Å². The van der Waals surface area contributed by atoms with Crippen LogP contribution in [0, 0.1) is 11.3 Å². The van der Waals surface area contributed by atoms with Crippen molar-refractivity contribution in [1.29, 1.82) is 0 Å². The van der Waals surface area contributed by atoms with Gasteiger partial charge < -0.3 is 10.6 Å². The topological polar surface area (TPSA) is 41.1 Å². The van der Waals surface area contributed by atoms with Crippen molar-refractivity contribution in [2.45, 2.75) is 46.1 Å². The average Bonchev–Trinajstić information content (AvgIpc) is 2.42. The largest absolute Gasteiger partial charge is 0.382 e. The number of benzene rings is 1. The Balaban J connectivity index is 2.12. The Hall–Kier alpha value is -1.22. The summed E-state index contributed by atoms with van der Waals surface area (Å²) in [7, 11) is 1.62. The van der Waals surface area contributed by atoms with Crippen LogP contribution in [0.3, 0.4) is 0 Å². The number of hydrogen-bond acceptors (Lipinski definition) is 2. The number of nitrogens with one attached hydrogen (secondary N) is 2. The molecule has 21 heavy (non-hydrogen) atoms. The van der Waals surface area contributed by atoms with Gasteiger partial charge in [0, 0.05) is 18.8 Å². The summed E-state index contributed by atoms with van der Waals surface area (Å²) in [4.78, 5) is 11.8. The normalized spacial score (nSPS) is 24.4. The van der Waals surface area contributed by atoms with Gasteiger partial charge in [0.1, 0.15) is 0 Å². The maximum Gasteiger partial charge on any atom is 0.252 e. The molecule has 3 nitrogen and oxygen atoms in total. The van der Waals surface area contributed by atoms with Crippen molar-refractivity contribution < 1.29 is 4.79 Å². The third-order valence-corrected chi connectivity index (χ3v) is 4.81.